The molecule has 4 nitrogen and oxygen atoms in total. The molecule has 3 aromatic heterocycles. The maximum absolute atomic E-state index is 5.36. The third kappa shape index (κ3) is 5.40. The molecule has 0 unspecified atom stereocenters. The summed E-state index contributed by atoms with van der Waals surface area (Å²) in [6.07, 6.45) is 0. The lowest BCUT2D eigenvalue weighted by atomic mass is 9.97. The van der Waals surface area contributed by atoms with Crippen LogP contribution in [0.1, 0.15) is 0 Å². The molecule has 0 atom stereocenters. The fraction of sp³-hybridized carbons (Fsp3) is 0. The molecule has 0 aliphatic carbocycles. The van der Waals surface area contributed by atoms with Gasteiger partial charge in [-0.25, -0.2) is 15.0 Å². The first-order valence-electron chi connectivity index (χ1n) is 18.8. The summed E-state index contributed by atoms with van der Waals surface area (Å²) in [6, 6.07) is 68.5. The van der Waals surface area contributed by atoms with E-state index in [4.69, 9.17) is 15.0 Å². The lowest BCUT2D eigenvalue weighted by molar-refractivity contribution is 1.07. The summed E-state index contributed by atoms with van der Waals surface area (Å²) in [4.78, 5) is 15.8. The van der Waals surface area contributed by atoms with Gasteiger partial charge in [0.05, 0.1) is 11.0 Å². The highest BCUT2D eigenvalue weighted by Gasteiger charge is 2.20. The van der Waals surface area contributed by atoms with E-state index in [1.807, 2.05) is 29.5 Å². The first-order chi connectivity index (χ1) is 27.8. The third-order valence-corrected chi connectivity index (χ3v) is 11.9. The highest BCUT2D eigenvalue weighted by molar-refractivity contribution is 7.26. The normalized spacial score (nSPS) is 11.6. The van der Waals surface area contributed by atoms with Gasteiger partial charge in [-0.15, -0.1) is 11.3 Å². The van der Waals surface area contributed by atoms with E-state index in [-0.39, 0.29) is 0 Å². The average Bonchev–Trinajstić information content (AvgIpc) is 3.83. The van der Waals surface area contributed by atoms with Crippen molar-refractivity contribution >= 4 is 53.3 Å². The second-order valence-electron chi connectivity index (χ2n) is 14.0. The van der Waals surface area contributed by atoms with Gasteiger partial charge in [-0.3, -0.25) is 0 Å². The van der Waals surface area contributed by atoms with Gasteiger partial charge < -0.3 is 4.57 Å². The number of hydrogen-bond acceptors (Lipinski definition) is 4. The maximum atomic E-state index is 5.36. The lowest BCUT2D eigenvalue weighted by Crippen LogP contribution is -2.01. The van der Waals surface area contributed by atoms with E-state index in [9.17, 15) is 0 Å². The molecule has 0 aliphatic rings. The zero-order chi connectivity index (χ0) is 37.0. The molecule has 0 amide bonds. The van der Waals surface area contributed by atoms with Crippen molar-refractivity contribution in [3.63, 3.8) is 0 Å². The van der Waals surface area contributed by atoms with Gasteiger partial charge >= 0.3 is 0 Å². The van der Waals surface area contributed by atoms with Gasteiger partial charge in [-0.05, 0) is 58.7 Å². The molecule has 8 aromatic carbocycles. The first-order valence-corrected chi connectivity index (χ1v) is 19.6. The number of fused-ring (bicyclic) bond motifs is 6. The average molecular weight is 733 g/mol. The Morgan fingerprint density at radius 3 is 1.54 bits per heavy atom. The highest BCUT2D eigenvalue weighted by atomic mass is 32.1. The minimum Gasteiger partial charge on any atom is -0.309 e. The van der Waals surface area contributed by atoms with Crippen LogP contribution in [-0.2, 0) is 0 Å². The molecule has 0 fully saturated rings. The fourth-order valence-corrected chi connectivity index (χ4v) is 9.36. The fourth-order valence-electron chi connectivity index (χ4n) is 8.04. The van der Waals surface area contributed by atoms with Gasteiger partial charge in [0.1, 0.15) is 0 Å². The Hall–Kier alpha value is -7.21. The van der Waals surface area contributed by atoms with Gasteiger partial charge in [0.2, 0.25) is 0 Å². The molecule has 5 heteroatoms. The predicted octanol–water partition coefficient (Wildman–Crippen LogP) is 13.7. The lowest BCUT2D eigenvalue weighted by Gasteiger charge is -2.12. The summed E-state index contributed by atoms with van der Waals surface area (Å²) in [6.45, 7) is 0. The molecule has 11 aromatic rings. The van der Waals surface area contributed by atoms with E-state index < -0.39 is 0 Å². The Morgan fingerprint density at radius 2 is 0.839 bits per heavy atom. The van der Waals surface area contributed by atoms with E-state index in [1.54, 1.807) is 0 Å². The zero-order valence-corrected chi connectivity index (χ0v) is 31.0. The third-order valence-electron chi connectivity index (χ3n) is 10.6. The van der Waals surface area contributed by atoms with Crippen LogP contribution in [0.2, 0.25) is 0 Å². The second-order valence-corrected chi connectivity index (χ2v) is 15.0. The Morgan fingerprint density at radius 1 is 0.321 bits per heavy atom. The summed E-state index contributed by atoms with van der Waals surface area (Å²) in [5.74, 6) is 1.91. The van der Waals surface area contributed by atoms with Gasteiger partial charge in [-0.2, -0.15) is 0 Å². The van der Waals surface area contributed by atoms with Gasteiger partial charge in [0, 0.05) is 53.3 Å². The van der Waals surface area contributed by atoms with Crippen molar-refractivity contribution in [2.24, 2.45) is 0 Å². The monoisotopic (exact) mass is 732 g/mol. The number of hydrogen-bond donors (Lipinski definition) is 0. The zero-order valence-electron chi connectivity index (χ0n) is 30.2. The molecule has 11 rings (SSSR count). The van der Waals surface area contributed by atoms with Crippen LogP contribution < -0.4 is 0 Å². The molecule has 0 saturated carbocycles. The van der Waals surface area contributed by atoms with Crippen LogP contribution in [0, 0.1) is 0 Å². The van der Waals surface area contributed by atoms with E-state index in [0.717, 1.165) is 49.2 Å². The molecule has 0 radical (unpaired) electrons. The quantitative estimate of drug-likeness (QED) is 0.171. The van der Waals surface area contributed by atoms with Crippen molar-refractivity contribution in [2.75, 3.05) is 0 Å². The van der Waals surface area contributed by atoms with Crippen LogP contribution in [0.15, 0.2) is 194 Å². The molecule has 0 spiro atoms. The van der Waals surface area contributed by atoms with Crippen LogP contribution in [0.3, 0.4) is 0 Å². The van der Waals surface area contributed by atoms with Crippen molar-refractivity contribution in [1.82, 2.24) is 19.5 Å². The predicted molar refractivity (Wildman–Crippen MR) is 234 cm³/mol. The highest BCUT2D eigenvalue weighted by Crippen LogP contribution is 2.45. The molecular weight excluding hydrogens is 701 g/mol. The molecule has 56 heavy (non-hydrogen) atoms. The molecule has 0 bridgehead atoms. The summed E-state index contributed by atoms with van der Waals surface area (Å²) in [7, 11) is 0. The number of benzene rings is 8. The van der Waals surface area contributed by atoms with Gasteiger partial charge in [0.15, 0.2) is 17.5 Å². The Kier molecular flexibility index (Phi) is 7.64. The summed E-state index contributed by atoms with van der Waals surface area (Å²) in [5, 5.41) is 4.87. The van der Waals surface area contributed by atoms with Gasteiger partial charge in [0.25, 0.3) is 0 Å². The van der Waals surface area contributed by atoms with Crippen LogP contribution >= 0.6 is 11.3 Å². The number of thiophene rings is 1. The summed E-state index contributed by atoms with van der Waals surface area (Å²) < 4.78 is 4.73. The van der Waals surface area contributed by atoms with Crippen molar-refractivity contribution in [1.29, 1.82) is 0 Å². The number of rotatable bonds is 6. The number of aromatic nitrogens is 4. The Balaban J connectivity index is 1.17. The standard InChI is InChI=1S/C51H32N4S/c1-4-16-33(17-5-1)37-31-43-42-27-15-26-39(34-18-6-2-7-19-34)47(42)56-48(43)44(32-37)51-53-49(35-20-8-3-9-21-35)52-50(54-51)36-22-14-23-38(30-36)55-45-28-12-10-24-40(45)41-25-11-13-29-46(41)55/h1-32H. The maximum Gasteiger partial charge on any atom is 0.165 e. The second kappa shape index (κ2) is 13.3. The van der Waals surface area contributed by atoms with Gasteiger partial charge in [-0.1, -0.05) is 158 Å². The molecule has 3 heterocycles. The molecule has 0 N–H and O–H groups in total. The minimum absolute atomic E-state index is 0.626. The van der Waals surface area contributed by atoms with Crippen molar-refractivity contribution in [2.45, 2.75) is 0 Å². The van der Waals surface area contributed by atoms with Crippen molar-refractivity contribution < 1.29 is 0 Å². The molecule has 262 valence electrons. The Labute approximate surface area is 327 Å². The molecule has 0 aliphatic heterocycles. The molecular formula is C51H32N4S. The van der Waals surface area contributed by atoms with E-state index in [2.05, 4.69) is 180 Å². The van der Waals surface area contributed by atoms with E-state index >= 15 is 0 Å². The number of para-hydroxylation sites is 2. The van der Waals surface area contributed by atoms with Crippen molar-refractivity contribution in [3.8, 4) is 62.1 Å². The topological polar surface area (TPSA) is 43.6 Å². The largest absolute Gasteiger partial charge is 0.309 e. The molecule has 0 saturated heterocycles. The summed E-state index contributed by atoms with van der Waals surface area (Å²) in [5.41, 5.74) is 10.9. The smallest absolute Gasteiger partial charge is 0.165 e. The van der Waals surface area contributed by atoms with Crippen LogP contribution in [-0.4, -0.2) is 19.5 Å². The summed E-state index contributed by atoms with van der Waals surface area (Å²) >= 11 is 1.81. The SMILES string of the molecule is c1ccc(-c2cc(-c3nc(-c4ccccc4)nc(-c4cccc(-n5c6ccccc6c6ccccc65)c4)n3)c3sc4c(-c5ccccc5)cccc4c3c2)cc1. The Bertz CT molecular complexity index is 3190. The van der Waals surface area contributed by atoms with Crippen LogP contribution in [0.5, 0.6) is 0 Å². The van der Waals surface area contributed by atoms with E-state index in [1.165, 1.54) is 37.4 Å². The van der Waals surface area contributed by atoms with Crippen molar-refractivity contribution in [3.05, 3.63) is 194 Å². The van der Waals surface area contributed by atoms with Crippen LogP contribution in [0.25, 0.3) is 104 Å². The first kappa shape index (κ1) is 32.2. The minimum atomic E-state index is 0.626. The van der Waals surface area contributed by atoms with E-state index in [0.29, 0.717) is 17.5 Å². The van der Waals surface area contributed by atoms with Crippen LogP contribution in [0.4, 0.5) is 0 Å². The number of nitrogens with zero attached hydrogens (tertiary/aromatic N) is 4.